The maximum Gasteiger partial charge on any atom is 0.238 e. The van der Waals surface area contributed by atoms with Crippen molar-refractivity contribution in [1.29, 1.82) is 0 Å². The van der Waals surface area contributed by atoms with E-state index in [0.717, 1.165) is 31.6 Å². The molecule has 2 atom stereocenters. The Morgan fingerprint density at radius 3 is 2.78 bits per heavy atom. The number of morpholine rings is 1. The lowest BCUT2D eigenvalue weighted by Gasteiger charge is -2.29. The van der Waals surface area contributed by atoms with Crippen molar-refractivity contribution in [3.05, 3.63) is 24.3 Å². The van der Waals surface area contributed by atoms with Crippen molar-refractivity contribution in [3.8, 4) is 0 Å². The van der Waals surface area contributed by atoms with Crippen LogP contribution in [0.25, 0.3) is 0 Å². The molecule has 2 fully saturated rings. The van der Waals surface area contributed by atoms with E-state index in [1.165, 1.54) is 0 Å². The maximum atomic E-state index is 12.6. The first-order chi connectivity index (χ1) is 11.1. The van der Waals surface area contributed by atoms with E-state index in [1.54, 1.807) is 13.2 Å². The monoisotopic (exact) mass is 340 g/mol. The highest BCUT2D eigenvalue weighted by atomic mass is 32.2. The van der Waals surface area contributed by atoms with E-state index in [2.05, 4.69) is 9.62 Å². The summed E-state index contributed by atoms with van der Waals surface area (Å²) in [6, 6.07) is 7.56. The van der Waals surface area contributed by atoms with Gasteiger partial charge in [-0.3, -0.25) is 4.72 Å². The van der Waals surface area contributed by atoms with E-state index >= 15 is 0 Å². The molecule has 1 saturated carbocycles. The van der Waals surface area contributed by atoms with Gasteiger partial charge in [-0.05, 0) is 37.5 Å². The van der Waals surface area contributed by atoms with E-state index in [4.69, 9.17) is 9.47 Å². The van der Waals surface area contributed by atoms with Crippen LogP contribution in [0.2, 0.25) is 0 Å². The molecule has 3 rings (SSSR count). The zero-order valence-corrected chi connectivity index (χ0v) is 14.2. The fraction of sp³-hybridized carbons (Fsp3) is 0.625. The molecule has 0 aromatic heterocycles. The maximum absolute atomic E-state index is 12.6. The lowest BCUT2D eigenvalue weighted by Crippen LogP contribution is -2.36. The Bertz CT molecular complexity index is 629. The van der Waals surface area contributed by atoms with Crippen LogP contribution >= 0.6 is 0 Å². The molecule has 2 unspecified atom stereocenters. The first-order valence-corrected chi connectivity index (χ1v) is 9.62. The minimum Gasteiger partial charge on any atom is -0.380 e. The van der Waals surface area contributed by atoms with Gasteiger partial charge in [-0.15, -0.1) is 0 Å². The van der Waals surface area contributed by atoms with Crippen LogP contribution in [0.3, 0.4) is 0 Å². The van der Waals surface area contributed by atoms with Gasteiger partial charge in [0, 0.05) is 25.9 Å². The van der Waals surface area contributed by atoms with E-state index in [0.29, 0.717) is 25.3 Å². The normalized spacial score (nSPS) is 25.5. The molecule has 6 nitrogen and oxygen atoms in total. The quantitative estimate of drug-likeness (QED) is 0.886. The molecule has 1 aliphatic heterocycles. The number of ether oxygens (including phenoxy) is 2. The second kappa shape index (κ2) is 7.07. The van der Waals surface area contributed by atoms with Crippen LogP contribution in [-0.4, -0.2) is 53.2 Å². The molecule has 2 aliphatic rings. The molecular formula is C16H24N2O4S. The summed E-state index contributed by atoms with van der Waals surface area (Å²) in [4.78, 5) is 2.20. The summed E-state index contributed by atoms with van der Waals surface area (Å²) < 4.78 is 38.7. The lowest BCUT2D eigenvalue weighted by atomic mass is 10.2. The van der Waals surface area contributed by atoms with Crippen LogP contribution in [0.1, 0.15) is 19.3 Å². The summed E-state index contributed by atoms with van der Waals surface area (Å²) in [6.07, 6.45) is 2.13. The fourth-order valence-corrected chi connectivity index (χ4v) is 5.07. The molecule has 1 aromatic carbocycles. The Balaban J connectivity index is 1.74. The van der Waals surface area contributed by atoms with Crippen molar-refractivity contribution in [3.63, 3.8) is 0 Å². The van der Waals surface area contributed by atoms with Gasteiger partial charge in [0.1, 0.15) is 5.25 Å². The first kappa shape index (κ1) is 16.5. The standard InChI is InChI=1S/C16H24N2O4S/c1-21-15-6-3-7-16(15)23(19,20)17-13-4-2-5-14(12-13)18-8-10-22-11-9-18/h2,4-5,12,15-17H,3,6-11H2,1H3. The van der Waals surface area contributed by atoms with Gasteiger partial charge < -0.3 is 14.4 Å². The summed E-state index contributed by atoms with van der Waals surface area (Å²) in [7, 11) is -1.86. The molecule has 7 heteroatoms. The van der Waals surface area contributed by atoms with Crippen molar-refractivity contribution < 1.29 is 17.9 Å². The number of nitrogens with one attached hydrogen (secondary N) is 1. The minimum absolute atomic E-state index is 0.213. The molecular weight excluding hydrogens is 316 g/mol. The Labute approximate surface area is 137 Å². The van der Waals surface area contributed by atoms with Gasteiger partial charge >= 0.3 is 0 Å². The summed E-state index contributed by atoms with van der Waals surface area (Å²) in [5, 5.41) is -0.473. The predicted molar refractivity (Wildman–Crippen MR) is 90.5 cm³/mol. The first-order valence-electron chi connectivity index (χ1n) is 8.07. The molecule has 128 valence electrons. The third-order valence-corrected chi connectivity index (χ3v) is 6.43. The molecule has 1 saturated heterocycles. The van der Waals surface area contributed by atoms with E-state index < -0.39 is 15.3 Å². The number of rotatable bonds is 5. The fourth-order valence-electron chi connectivity index (χ4n) is 3.34. The van der Waals surface area contributed by atoms with Crippen LogP contribution < -0.4 is 9.62 Å². The molecule has 1 N–H and O–H groups in total. The topological polar surface area (TPSA) is 67.9 Å². The highest BCUT2D eigenvalue weighted by Gasteiger charge is 2.37. The molecule has 1 heterocycles. The molecule has 23 heavy (non-hydrogen) atoms. The number of nitrogens with zero attached hydrogens (tertiary/aromatic N) is 1. The minimum atomic E-state index is -3.44. The largest absolute Gasteiger partial charge is 0.380 e. The zero-order chi connectivity index (χ0) is 16.3. The second-order valence-electron chi connectivity index (χ2n) is 6.04. The van der Waals surface area contributed by atoms with Crippen molar-refractivity contribution in [2.45, 2.75) is 30.6 Å². The molecule has 0 radical (unpaired) electrons. The molecule has 0 bridgehead atoms. The van der Waals surface area contributed by atoms with Crippen LogP contribution in [0.5, 0.6) is 0 Å². The summed E-state index contributed by atoms with van der Waals surface area (Å²) in [5.41, 5.74) is 1.62. The van der Waals surface area contributed by atoms with Crippen LogP contribution in [-0.2, 0) is 19.5 Å². The molecule has 0 spiro atoms. The number of methoxy groups -OCH3 is 1. The Morgan fingerprint density at radius 1 is 1.26 bits per heavy atom. The van der Waals surface area contributed by atoms with Crippen molar-refractivity contribution >= 4 is 21.4 Å². The SMILES string of the molecule is COC1CCCC1S(=O)(=O)Nc1cccc(N2CCOCC2)c1. The molecule has 1 aromatic rings. The highest BCUT2D eigenvalue weighted by molar-refractivity contribution is 7.93. The average Bonchev–Trinajstić information content (AvgIpc) is 3.05. The smallest absolute Gasteiger partial charge is 0.238 e. The Kier molecular flexibility index (Phi) is 5.08. The summed E-state index contributed by atoms with van der Waals surface area (Å²) >= 11 is 0. The van der Waals surface area contributed by atoms with Gasteiger partial charge in [-0.1, -0.05) is 6.07 Å². The number of sulfonamides is 1. The number of hydrogen-bond acceptors (Lipinski definition) is 5. The number of hydrogen-bond donors (Lipinski definition) is 1. The lowest BCUT2D eigenvalue weighted by molar-refractivity contribution is 0.111. The van der Waals surface area contributed by atoms with Gasteiger partial charge in [0.05, 0.1) is 25.0 Å². The average molecular weight is 340 g/mol. The van der Waals surface area contributed by atoms with Crippen molar-refractivity contribution in [2.75, 3.05) is 43.0 Å². The van der Waals surface area contributed by atoms with Crippen LogP contribution in [0.15, 0.2) is 24.3 Å². The Morgan fingerprint density at radius 2 is 2.04 bits per heavy atom. The highest BCUT2D eigenvalue weighted by Crippen LogP contribution is 2.29. The zero-order valence-electron chi connectivity index (χ0n) is 13.4. The predicted octanol–water partition coefficient (Wildman–Crippen LogP) is 1.83. The third-order valence-electron chi connectivity index (χ3n) is 4.58. The molecule has 1 aliphatic carbocycles. The van der Waals surface area contributed by atoms with Gasteiger partial charge in [-0.2, -0.15) is 0 Å². The van der Waals surface area contributed by atoms with Gasteiger partial charge in [0.2, 0.25) is 10.0 Å². The third kappa shape index (κ3) is 3.79. The van der Waals surface area contributed by atoms with Crippen LogP contribution in [0.4, 0.5) is 11.4 Å². The Hall–Kier alpha value is -1.31. The van der Waals surface area contributed by atoms with Crippen molar-refractivity contribution in [2.24, 2.45) is 0 Å². The van der Waals surface area contributed by atoms with Gasteiger partial charge in [0.25, 0.3) is 0 Å². The second-order valence-corrected chi connectivity index (χ2v) is 7.94. The van der Waals surface area contributed by atoms with Gasteiger partial charge in [0.15, 0.2) is 0 Å². The molecule has 0 amide bonds. The van der Waals surface area contributed by atoms with Crippen LogP contribution in [0, 0.1) is 0 Å². The van der Waals surface area contributed by atoms with Gasteiger partial charge in [-0.25, -0.2) is 8.42 Å². The van der Waals surface area contributed by atoms with E-state index in [9.17, 15) is 8.42 Å². The number of benzene rings is 1. The summed E-state index contributed by atoms with van der Waals surface area (Å²) in [6.45, 7) is 3.05. The van der Waals surface area contributed by atoms with E-state index in [-0.39, 0.29) is 6.10 Å². The van der Waals surface area contributed by atoms with Crippen molar-refractivity contribution in [1.82, 2.24) is 0 Å². The summed E-state index contributed by atoms with van der Waals surface area (Å²) in [5.74, 6) is 0. The van der Waals surface area contributed by atoms with E-state index in [1.807, 2.05) is 18.2 Å². The number of anilines is 2.